The van der Waals surface area contributed by atoms with Gasteiger partial charge in [0.15, 0.2) is 10.9 Å². The highest BCUT2D eigenvalue weighted by Gasteiger charge is 2.26. The van der Waals surface area contributed by atoms with Gasteiger partial charge in [-0.15, -0.1) is 11.3 Å². The summed E-state index contributed by atoms with van der Waals surface area (Å²) in [6.45, 7) is 5.21. The van der Waals surface area contributed by atoms with Crippen molar-refractivity contribution in [2.24, 2.45) is 5.92 Å². The maximum Gasteiger partial charge on any atom is 0.268 e. The third-order valence-electron chi connectivity index (χ3n) is 4.17. The number of amides is 2. The molecule has 3 aromatic rings. The van der Waals surface area contributed by atoms with Crippen LogP contribution in [0.3, 0.4) is 0 Å². The number of anilines is 1. The number of nitrogens with one attached hydrogen (secondary N) is 3. The lowest BCUT2D eigenvalue weighted by Crippen LogP contribution is -2.47. The van der Waals surface area contributed by atoms with Crippen molar-refractivity contribution in [2.45, 2.75) is 26.8 Å². The Kier molecular flexibility index (Phi) is 5.36. The van der Waals surface area contributed by atoms with Crippen LogP contribution >= 0.6 is 11.3 Å². The summed E-state index contributed by atoms with van der Waals surface area (Å²) in [6, 6.07) is 6.17. The van der Waals surface area contributed by atoms with E-state index in [9.17, 15) is 14.4 Å². The lowest BCUT2D eigenvalue weighted by Gasteiger charge is -2.20. The molecule has 0 aliphatic heterocycles. The number of aromatic amines is 1. The molecule has 2 aromatic heterocycles. The lowest BCUT2D eigenvalue weighted by molar-refractivity contribution is -0.118. The van der Waals surface area contributed by atoms with Crippen molar-refractivity contribution in [1.29, 1.82) is 0 Å². The molecule has 7 nitrogen and oxygen atoms in total. The molecule has 0 aliphatic carbocycles. The molecule has 0 saturated carbocycles. The molecule has 0 spiro atoms. The molecule has 2 heterocycles. The predicted octanol–water partition coefficient (Wildman–Crippen LogP) is 3.22. The number of nitrogens with zero attached hydrogens (tertiary/aromatic N) is 1. The number of fused-ring (bicyclic) bond motifs is 1. The number of carbonyl (C=O) groups is 3. The summed E-state index contributed by atoms with van der Waals surface area (Å²) in [4.78, 5) is 43.7. The Hall–Kier alpha value is -3.00. The lowest BCUT2D eigenvalue weighted by atomic mass is 10.0. The summed E-state index contributed by atoms with van der Waals surface area (Å²) in [5.74, 6) is -0.850. The Balaban J connectivity index is 1.78. The van der Waals surface area contributed by atoms with E-state index in [1.807, 2.05) is 13.8 Å². The van der Waals surface area contributed by atoms with Crippen LogP contribution in [0.1, 0.15) is 41.6 Å². The number of H-pyrrole nitrogens is 1. The third kappa shape index (κ3) is 4.22. The summed E-state index contributed by atoms with van der Waals surface area (Å²) in [5.41, 5.74) is 1.66. The highest BCUT2D eigenvalue weighted by atomic mass is 32.1. The van der Waals surface area contributed by atoms with Gasteiger partial charge in [0, 0.05) is 28.0 Å². The molecule has 2 amide bonds. The van der Waals surface area contributed by atoms with Crippen molar-refractivity contribution < 1.29 is 14.4 Å². The van der Waals surface area contributed by atoms with Gasteiger partial charge in [-0.3, -0.25) is 14.4 Å². The number of Topliss-reactive ketones (excluding diaryl/α,β-unsaturated/α-hetero) is 1. The van der Waals surface area contributed by atoms with Crippen molar-refractivity contribution >= 4 is 45.0 Å². The van der Waals surface area contributed by atoms with Crippen LogP contribution in [0.2, 0.25) is 0 Å². The van der Waals surface area contributed by atoms with Crippen LogP contribution in [-0.4, -0.2) is 33.6 Å². The fourth-order valence-corrected chi connectivity index (χ4v) is 3.23. The van der Waals surface area contributed by atoms with Gasteiger partial charge in [0.05, 0.1) is 0 Å². The molecule has 3 rings (SSSR count). The molecular formula is C19H20N4O3S. The standard InChI is InChI=1S/C19H20N4O3S/c1-10(2)16(18(26)23-19-20-6-7-27-19)22-17(25)15-9-13-8-12(11(3)24)4-5-14(13)21-15/h4-10,16,21H,1-3H3,(H,22,25)(H,20,23,26)/t16-/m0/s1. The number of hydrogen-bond acceptors (Lipinski definition) is 5. The number of carbonyl (C=O) groups excluding carboxylic acids is 3. The Morgan fingerprint density at radius 3 is 2.59 bits per heavy atom. The van der Waals surface area contributed by atoms with Crippen LogP contribution in [0.15, 0.2) is 35.8 Å². The van der Waals surface area contributed by atoms with Crippen molar-refractivity contribution in [1.82, 2.24) is 15.3 Å². The van der Waals surface area contributed by atoms with Gasteiger partial charge < -0.3 is 15.6 Å². The van der Waals surface area contributed by atoms with E-state index in [2.05, 4.69) is 20.6 Å². The van der Waals surface area contributed by atoms with Gasteiger partial charge in [-0.25, -0.2) is 4.98 Å². The van der Waals surface area contributed by atoms with Crippen molar-refractivity contribution in [3.8, 4) is 0 Å². The molecular weight excluding hydrogens is 364 g/mol. The minimum absolute atomic E-state index is 0.0390. The quantitative estimate of drug-likeness (QED) is 0.568. The number of benzene rings is 1. The highest BCUT2D eigenvalue weighted by molar-refractivity contribution is 7.13. The molecule has 0 fully saturated rings. The third-order valence-corrected chi connectivity index (χ3v) is 4.86. The minimum Gasteiger partial charge on any atom is -0.351 e. The second-order valence-corrected chi connectivity index (χ2v) is 7.46. The summed E-state index contributed by atoms with van der Waals surface area (Å²) in [6.07, 6.45) is 1.60. The van der Waals surface area contributed by atoms with Crippen LogP contribution in [0.25, 0.3) is 10.9 Å². The van der Waals surface area contributed by atoms with Gasteiger partial charge in [-0.05, 0) is 37.1 Å². The van der Waals surface area contributed by atoms with E-state index in [-0.39, 0.29) is 23.5 Å². The summed E-state index contributed by atoms with van der Waals surface area (Å²) >= 11 is 1.31. The normalized spacial score (nSPS) is 12.1. The average molecular weight is 384 g/mol. The van der Waals surface area contributed by atoms with E-state index < -0.39 is 6.04 Å². The molecule has 0 bridgehead atoms. The van der Waals surface area contributed by atoms with Gasteiger partial charge in [0.25, 0.3) is 5.91 Å². The molecule has 0 saturated heterocycles. The average Bonchev–Trinajstić information content (AvgIpc) is 3.27. The Labute approximate surface area is 160 Å². The zero-order valence-electron chi connectivity index (χ0n) is 15.2. The predicted molar refractivity (Wildman–Crippen MR) is 105 cm³/mol. The highest BCUT2D eigenvalue weighted by Crippen LogP contribution is 2.18. The summed E-state index contributed by atoms with van der Waals surface area (Å²) in [7, 11) is 0. The van der Waals surface area contributed by atoms with E-state index in [1.54, 1.807) is 35.8 Å². The molecule has 140 valence electrons. The minimum atomic E-state index is -0.708. The molecule has 1 atom stereocenters. The maximum atomic E-state index is 12.7. The van der Waals surface area contributed by atoms with Crippen molar-refractivity contribution in [3.63, 3.8) is 0 Å². The number of ketones is 1. The number of thiazole rings is 1. The Bertz CT molecular complexity index is 992. The second-order valence-electron chi connectivity index (χ2n) is 6.56. The van der Waals surface area contributed by atoms with Crippen LogP contribution in [0, 0.1) is 5.92 Å². The molecule has 0 unspecified atom stereocenters. The smallest absolute Gasteiger partial charge is 0.268 e. The Morgan fingerprint density at radius 2 is 1.96 bits per heavy atom. The first-order chi connectivity index (χ1) is 12.8. The molecule has 27 heavy (non-hydrogen) atoms. The maximum absolute atomic E-state index is 12.7. The van der Waals surface area contributed by atoms with E-state index in [4.69, 9.17) is 0 Å². The van der Waals surface area contributed by atoms with Crippen LogP contribution in [0.4, 0.5) is 5.13 Å². The van der Waals surface area contributed by atoms with Crippen LogP contribution < -0.4 is 10.6 Å². The second kappa shape index (κ2) is 7.71. The largest absolute Gasteiger partial charge is 0.351 e. The van der Waals surface area contributed by atoms with Gasteiger partial charge in [0.2, 0.25) is 5.91 Å². The van der Waals surface area contributed by atoms with Crippen molar-refractivity contribution in [3.05, 3.63) is 47.1 Å². The topological polar surface area (TPSA) is 104 Å². The fourth-order valence-electron chi connectivity index (χ4n) is 2.70. The van der Waals surface area contributed by atoms with Gasteiger partial charge in [-0.2, -0.15) is 0 Å². The van der Waals surface area contributed by atoms with E-state index in [0.29, 0.717) is 16.4 Å². The van der Waals surface area contributed by atoms with Crippen molar-refractivity contribution in [2.75, 3.05) is 5.32 Å². The number of aromatic nitrogens is 2. The molecule has 8 heteroatoms. The van der Waals surface area contributed by atoms with E-state index >= 15 is 0 Å². The first-order valence-electron chi connectivity index (χ1n) is 8.50. The zero-order chi connectivity index (χ0) is 19.6. The number of rotatable bonds is 6. The first-order valence-corrected chi connectivity index (χ1v) is 9.38. The monoisotopic (exact) mass is 384 g/mol. The number of hydrogen-bond donors (Lipinski definition) is 3. The molecule has 3 N–H and O–H groups in total. The first kappa shape index (κ1) is 18.8. The van der Waals surface area contributed by atoms with E-state index in [1.165, 1.54) is 18.3 Å². The van der Waals surface area contributed by atoms with Crippen LogP contribution in [-0.2, 0) is 4.79 Å². The SMILES string of the molecule is CC(=O)c1ccc2[nH]c(C(=O)N[C@H](C(=O)Nc3nccs3)C(C)C)cc2c1. The van der Waals surface area contributed by atoms with Gasteiger partial charge in [-0.1, -0.05) is 13.8 Å². The zero-order valence-corrected chi connectivity index (χ0v) is 16.0. The Morgan fingerprint density at radius 1 is 1.19 bits per heavy atom. The fraction of sp³-hybridized carbons (Fsp3) is 0.263. The molecule has 0 aliphatic rings. The van der Waals surface area contributed by atoms with E-state index in [0.717, 1.165) is 10.9 Å². The van der Waals surface area contributed by atoms with Gasteiger partial charge >= 0.3 is 0 Å². The summed E-state index contributed by atoms with van der Waals surface area (Å²) < 4.78 is 0. The molecule has 0 radical (unpaired) electrons. The van der Waals surface area contributed by atoms with Gasteiger partial charge in [0.1, 0.15) is 11.7 Å². The summed E-state index contributed by atoms with van der Waals surface area (Å²) in [5, 5.41) is 8.50. The molecule has 1 aromatic carbocycles. The van der Waals surface area contributed by atoms with Crippen LogP contribution in [0.5, 0.6) is 0 Å².